The molecule has 0 saturated carbocycles. The summed E-state index contributed by atoms with van der Waals surface area (Å²) in [4.78, 5) is 37.4. The second-order valence-electron chi connectivity index (χ2n) is 6.58. The van der Waals surface area contributed by atoms with Crippen molar-refractivity contribution in [2.24, 2.45) is 0 Å². The Morgan fingerprint density at radius 1 is 1.11 bits per heavy atom. The van der Waals surface area contributed by atoms with Gasteiger partial charge in [-0.2, -0.15) is 0 Å². The summed E-state index contributed by atoms with van der Waals surface area (Å²) in [6.07, 6.45) is 0.884. The number of hydrogen-bond donors (Lipinski definition) is 2. The van der Waals surface area contributed by atoms with Gasteiger partial charge in [0.2, 0.25) is 0 Å². The van der Waals surface area contributed by atoms with Gasteiger partial charge in [-0.3, -0.25) is 9.59 Å². The number of hydrogen-bond acceptors (Lipinski definition) is 5. The molecule has 8 nitrogen and oxygen atoms in total. The Balaban J connectivity index is 1.77. The van der Waals surface area contributed by atoms with Crippen molar-refractivity contribution in [2.45, 2.75) is 45.8 Å². The predicted molar refractivity (Wildman–Crippen MR) is 101 cm³/mol. The summed E-state index contributed by atoms with van der Waals surface area (Å²) >= 11 is 0. The molecule has 0 spiro atoms. The van der Waals surface area contributed by atoms with E-state index in [1.165, 1.54) is 0 Å². The highest BCUT2D eigenvalue weighted by Crippen LogP contribution is 2.17. The van der Waals surface area contributed by atoms with Crippen LogP contribution in [-0.2, 0) is 14.3 Å². The standard InChI is InChI=1S/C19H27N3O5/c1-4-26-19(25)22-11-9-15(10-12-22)21-18(24)17(23)20-14-5-7-16(8-6-14)27-13(2)3/h5-8,13,15H,4,9-12H2,1-3H3,(H,20,23)(H,21,24). The lowest BCUT2D eigenvalue weighted by Gasteiger charge is -2.31. The van der Waals surface area contributed by atoms with Gasteiger partial charge < -0.3 is 25.0 Å². The zero-order valence-corrected chi connectivity index (χ0v) is 16.0. The van der Waals surface area contributed by atoms with E-state index in [-0.39, 0.29) is 18.2 Å². The van der Waals surface area contributed by atoms with Gasteiger partial charge in [0.25, 0.3) is 0 Å². The molecule has 1 fully saturated rings. The van der Waals surface area contributed by atoms with Gasteiger partial charge >= 0.3 is 17.9 Å². The van der Waals surface area contributed by atoms with Crippen molar-refractivity contribution >= 4 is 23.6 Å². The van der Waals surface area contributed by atoms with E-state index in [4.69, 9.17) is 9.47 Å². The van der Waals surface area contributed by atoms with Crippen molar-refractivity contribution in [2.75, 3.05) is 25.0 Å². The SMILES string of the molecule is CCOC(=O)N1CCC(NC(=O)C(=O)Nc2ccc(OC(C)C)cc2)CC1. The maximum Gasteiger partial charge on any atom is 0.409 e. The van der Waals surface area contributed by atoms with Crippen molar-refractivity contribution in [1.29, 1.82) is 0 Å². The summed E-state index contributed by atoms with van der Waals surface area (Å²) in [6, 6.07) is 6.69. The molecular formula is C19H27N3O5. The average molecular weight is 377 g/mol. The normalized spacial score (nSPS) is 14.6. The van der Waals surface area contributed by atoms with Crippen LogP contribution in [-0.4, -0.2) is 54.6 Å². The topological polar surface area (TPSA) is 97.0 Å². The molecule has 27 heavy (non-hydrogen) atoms. The van der Waals surface area contributed by atoms with Crippen LogP contribution in [0.3, 0.4) is 0 Å². The van der Waals surface area contributed by atoms with Crippen molar-refractivity contribution < 1.29 is 23.9 Å². The third-order valence-electron chi connectivity index (χ3n) is 4.05. The number of nitrogens with zero attached hydrogens (tertiary/aromatic N) is 1. The minimum atomic E-state index is -0.722. The molecule has 1 aromatic carbocycles. The summed E-state index contributed by atoms with van der Waals surface area (Å²) in [6.45, 7) is 6.93. The first kappa shape index (κ1) is 20.5. The number of rotatable bonds is 5. The predicted octanol–water partition coefficient (Wildman–Crippen LogP) is 2.15. The molecule has 1 saturated heterocycles. The van der Waals surface area contributed by atoms with Crippen LogP contribution in [0.15, 0.2) is 24.3 Å². The third kappa shape index (κ3) is 6.47. The van der Waals surface area contributed by atoms with Gasteiger partial charge in [-0.1, -0.05) is 0 Å². The van der Waals surface area contributed by atoms with Gasteiger partial charge in [0.1, 0.15) is 5.75 Å². The number of ether oxygens (including phenoxy) is 2. The van der Waals surface area contributed by atoms with Crippen LogP contribution in [0.25, 0.3) is 0 Å². The summed E-state index contributed by atoms with van der Waals surface area (Å²) < 4.78 is 10.5. The van der Waals surface area contributed by atoms with E-state index in [2.05, 4.69) is 10.6 Å². The van der Waals surface area contributed by atoms with Crippen LogP contribution in [0.4, 0.5) is 10.5 Å². The van der Waals surface area contributed by atoms with E-state index in [1.807, 2.05) is 13.8 Å². The maximum absolute atomic E-state index is 12.1. The van der Waals surface area contributed by atoms with E-state index in [1.54, 1.807) is 36.1 Å². The first-order valence-electron chi connectivity index (χ1n) is 9.19. The highest BCUT2D eigenvalue weighted by atomic mass is 16.6. The smallest absolute Gasteiger partial charge is 0.409 e. The Morgan fingerprint density at radius 2 is 1.74 bits per heavy atom. The minimum Gasteiger partial charge on any atom is -0.491 e. The fraction of sp³-hybridized carbons (Fsp3) is 0.526. The quantitative estimate of drug-likeness (QED) is 0.767. The summed E-state index contributed by atoms with van der Waals surface area (Å²) in [5.41, 5.74) is 0.517. The number of carbonyl (C=O) groups is 3. The van der Waals surface area contributed by atoms with Crippen LogP contribution in [0, 0.1) is 0 Å². The summed E-state index contributed by atoms with van der Waals surface area (Å²) in [5.74, 6) is -0.715. The van der Waals surface area contributed by atoms with Crippen molar-refractivity contribution in [3.8, 4) is 5.75 Å². The molecular weight excluding hydrogens is 350 g/mol. The zero-order chi connectivity index (χ0) is 19.8. The van der Waals surface area contributed by atoms with Gasteiger partial charge in [-0.05, 0) is 57.9 Å². The van der Waals surface area contributed by atoms with Crippen LogP contribution in [0.1, 0.15) is 33.6 Å². The molecule has 0 aliphatic carbocycles. The van der Waals surface area contributed by atoms with E-state index < -0.39 is 11.8 Å². The first-order chi connectivity index (χ1) is 12.9. The Hall–Kier alpha value is -2.77. The monoisotopic (exact) mass is 377 g/mol. The van der Waals surface area contributed by atoms with Crippen molar-refractivity contribution in [3.63, 3.8) is 0 Å². The number of anilines is 1. The Labute approximate surface area is 159 Å². The summed E-state index contributed by atoms with van der Waals surface area (Å²) in [5, 5.41) is 5.28. The van der Waals surface area contributed by atoms with E-state index in [0.717, 1.165) is 0 Å². The fourth-order valence-corrected chi connectivity index (χ4v) is 2.75. The second-order valence-corrected chi connectivity index (χ2v) is 6.58. The molecule has 0 aromatic heterocycles. The van der Waals surface area contributed by atoms with Gasteiger partial charge in [0.05, 0.1) is 12.7 Å². The third-order valence-corrected chi connectivity index (χ3v) is 4.05. The van der Waals surface area contributed by atoms with E-state index in [9.17, 15) is 14.4 Å². The molecule has 148 valence electrons. The lowest BCUT2D eigenvalue weighted by Crippen LogP contribution is -2.49. The number of nitrogens with one attached hydrogen (secondary N) is 2. The van der Waals surface area contributed by atoms with E-state index >= 15 is 0 Å². The second kappa shape index (κ2) is 9.80. The van der Waals surface area contributed by atoms with Crippen molar-refractivity contribution in [1.82, 2.24) is 10.2 Å². The molecule has 0 atom stereocenters. The molecule has 2 rings (SSSR count). The van der Waals surface area contributed by atoms with Gasteiger partial charge in [-0.15, -0.1) is 0 Å². The molecule has 2 N–H and O–H groups in total. The molecule has 1 aliphatic rings. The molecule has 1 aliphatic heterocycles. The molecule has 1 aromatic rings. The van der Waals surface area contributed by atoms with Crippen LogP contribution in [0.2, 0.25) is 0 Å². The number of piperidine rings is 1. The molecule has 8 heteroatoms. The highest BCUT2D eigenvalue weighted by Gasteiger charge is 2.26. The average Bonchev–Trinajstić information content (AvgIpc) is 2.63. The fourth-order valence-electron chi connectivity index (χ4n) is 2.75. The van der Waals surface area contributed by atoms with Gasteiger partial charge in [0, 0.05) is 24.8 Å². The molecule has 0 bridgehead atoms. The van der Waals surface area contributed by atoms with Crippen LogP contribution >= 0.6 is 0 Å². The Bertz CT molecular complexity index is 652. The van der Waals surface area contributed by atoms with E-state index in [0.29, 0.717) is 44.0 Å². The highest BCUT2D eigenvalue weighted by molar-refractivity contribution is 6.39. The maximum atomic E-state index is 12.1. The molecule has 1 heterocycles. The zero-order valence-electron chi connectivity index (χ0n) is 16.0. The number of benzene rings is 1. The number of amides is 3. The number of carbonyl (C=O) groups excluding carboxylic acids is 3. The lowest BCUT2D eigenvalue weighted by atomic mass is 10.1. The molecule has 3 amide bonds. The summed E-state index contributed by atoms with van der Waals surface area (Å²) in [7, 11) is 0. The lowest BCUT2D eigenvalue weighted by molar-refractivity contribution is -0.136. The van der Waals surface area contributed by atoms with Crippen LogP contribution < -0.4 is 15.4 Å². The van der Waals surface area contributed by atoms with Crippen LogP contribution in [0.5, 0.6) is 5.75 Å². The number of likely N-dealkylation sites (tertiary alicyclic amines) is 1. The Kier molecular flexibility index (Phi) is 7.45. The van der Waals surface area contributed by atoms with Gasteiger partial charge in [0.15, 0.2) is 0 Å². The largest absolute Gasteiger partial charge is 0.491 e. The minimum absolute atomic E-state index is 0.0615. The molecule has 0 radical (unpaired) electrons. The van der Waals surface area contributed by atoms with Crippen molar-refractivity contribution in [3.05, 3.63) is 24.3 Å². The molecule has 0 unspecified atom stereocenters. The Morgan fingerprint density at radius 3 is 2.30 bits per heavy atom. The first-order valence-corrected chi connectivity index (χ1v) is 9.19. The van der Waals surface area contributed by atoms with Gasteiger partial charge in [-0.25, -0.2) is 4.79 Å².